The van der Waals surface area contributed by atoms with Crippen molar-refractivity contribution in [3.63, 3.8) is 0 Å². The average Bonchev–Trinajstić information content (AvgIpc) is 4.32. The Bertz CT molecular complexity index is 3500. The molecule has 6 atom stereocenters. The van der Waals surface area contributed by atoms with E-state index in [2.05, 4.69) is 54.8 Å². The molecule has 3 aliphatic carbocycles. The van der Waals surface area contributed by atoms with Gasteiger partial charge in [0.05, 0.1) is 77.1 Å². The standard InChI is InChI=1S/C23H21NO3.C22H19NO3.C13H14O3.C10H9NO/c1-4-5-17(15-23(25)26-3)16-6-10-20(11-7-16)27-22-13-8-18-14-19(24-2)9-12-21(18)22;1-3-4-16(14-22(24)25)15-5-9-19(10-6-15)26-21-12-7-17-13-18(23-2)8-11-20(17)21;1-3-4-11(9-13(15)16-2)10-5-7-12(14)8-6-10;1-11-8-3-4-9-7(6-8)2-5-10(9)12/h6-7,9-12,14,17,22H,8,13,15H2,1,3H3;5-6,8-11,13,16,21H,7,12,14H2,1H3,(H,24,25);5-8,11,14H,9H2,1-2H3;3-4,6,10,12H,2,5H2/t17-,22?;16-,21?;11-;/m000./s1. The predicted octanol–water partition coefficient (Wildman–Crippen LogP) is 14.1. The number of carboxylic acids is 1. The fraction of sp³-hybridized carbons (Fsp3) is 0.294. The molecule has 0 saturated carbocycles. The highest BCUT2D eigenvalue weighted by molar-refractivity contribution is 5.72. The second-order valence-corrected chi connectivity index (χ2v) is 19.1. The van der Waals surface area contributed by atoms with Crippen molar-refractivity contribution in [2.75, 3.05) is 14.2 Å². The second kappa shape index (κ2) is 30.4. The van der Waals surface area contributed by atoms with Gasteiger partial charge in [-0.2, -0.15) is 0 Å². The largest absolute Gasteiger partial charge is 0.508 e. The molecular weight excluding hydrogens is 1020 g/mol. The van der Waals surface area contributed by atoms with Gasteiger partial charge < -0.3 is 34.3 Å². The normalized spacial score (nSPS) is 15.5. The summed E-state index contributed by atoms with van der Waals surface area (Å²) < 4.78 is 21.7. The Morgan fingerprint density at radius 3 is 1.22 bits per heavy atom. The van der Waals surface area contributed by atoms with Crippen LogP contribution in [0, 0.1) is 55.2 Å². The number of phenolic OH excluding ortho intramolecular Hbond substituents is 1. The lowest BCUT2D eigenvalue weighted by atomic mass is 9.96. The van der Waals surface area contributed by atoms with Crippen LogP contribution in [0.3, 0.4) is 0 Å². The molecule has 13 nitrogen and oxygen atoms in total. The molecule has 410 valence electrons. The fourth-order valence-electron chi connectivity index (χ4n) is 9.71. The minimum atomic E-state index is -0.862. The quantitative estimate of drug-likeness (QED) is 0.0577. The van der Waals surface area contributed by atoms with Gasteiger partial charge in [-0.3, -0.25) is 14.4 Å². The zero-order valence-corrected chi connectivity index (χ0v) is 46.0. The van der Waals surface area contributed by atoms with Gasteiger partial charge in [-0.15, -0.1) is 17.8 Å². The summed E-state index contributed by atoms with van der Waals surface area (Å²) in [6, 6.07) is 39.0. The first-order chi connectivity index (χ1) is 39.2. The number of methoxy groups -OCH3 is 2. The van der Waals surface area contributed by atoms with E-state index in [1.54, 1.807) is 51.1 Å². The number of fused-ring (bicyclic) bond motifs is 3. The number of hydrogen-bond acceptors (Lipinski definition) is 9. The highest BCUT2D eigenvalue weighted by Crippen LogP contribution is 2.39. The van der Waals surface area contributed by atoms with Crippen molar-refractivity contribution in [2.24, 2.45) is 0 Å². The molecule has 0 spiro atoms. The number of benzene rings is 6. The molecule has 0 amide bonds. The van der Waals surface area contributed by atoms with E-state index in [1.807, 2.05) is 97.1 Å². The molecule has 3 N–H and O–H groups in total. The van der Waals surface area contributed by atoms with Gasteiger partial charge in [-0.25, -0.2) is 14.5 Å². The summed E-state index contributed by atoms with van der Waals surface area (Å²) in [5.41, 5.74) is 11.6. The van der Waals surface area contributed by atoms with Gasteiger partial charge in [0, 0.05) is 0 Å². The summed E-state index contributed by atoms with van der Waals surface area (Å²) in [4.78, 5) is 44.1. The van der Waals surface area contributed by atoms with Crippen LogP contribution in [-0.2, 0) is 43.1 Å². The molecule has 6 aromatic rings. The topological polar surface area (TPSA) is 162 Å². The SMILES string of the molecule is CC#C[C@@H](CC(=O)OC)c1ccc(O)cc1.[C-]#[N+]c1ccc2c(c1)CCC2O.[C-]#[N+]c1ccc2c(c1)CCC2Oc1ccc([C@@H](C#CC)CC(=O)O)cc1.[C-]#[N+]c1ccc2c(c1)CCC2Oc1ccc([C@@H](C#CC)CC(=O)OC)cc1. The number of esters is 2. The van der Waals surface area contributed by atoms with Crippen LogP contribution in [0.25, 0.3) is 14.5 Å². The number of rotatable bonds is 13. The summed E-state index contributed by atoms with van der Waals surface area (Å²) in [7, 11) is 2.74. The van der Waals surface area contributed by atoms with E-state index >= 15 is 0 Å². The summed E-state index contributed by atoms with van der Waals surface area (Å²) in [6.45, 7) is 26.3. The number of phenols is 1. The monoisotopic (exact) mass is 1080 g/mol. The van der Waals surface area contributed by atoms with Crippen molar-refractivity contribution in [2.45, 2.75) is 115 Å². The Morgan fingerprint density at radius 1 is 0.519 bits per heavy atom. The number of carbonyl (C=O) groups is 3. The molecule has 81 heavy (non-hydrogen) atoms. The lowest BCUT2D eigenvalue weighted by Crippen LogP contribution is -2.08. The molecule has 0 aromatic heterocycles. The maximum absolute atomic E-state index is 11.6. The van der Waals surface area contributed by atoms with Crippen LogP contribution in [0.15, 0.2) is 127 Å². The molecule has 0 saturated heterocycles. The Morgan fingerprint density at radius 2 is 0.864 bits per heavy atom. The van der Waals surface area contributed by atoms with Crippen LogP contribution in [0.2, 0.25) is 0 Å². The first-order valence-electron chi connectivity index (χ1n) is 26.4. The number of aryl methyl sites for hydroxylation is 3. The van der Waals surface area contributed by atoms with Crippen LogP contribution in [0.5, 0.6) is 17.2 Å². The van der Waals surface area contributed by atoms with Crippen molar-refractivity contribution in [3.8, 4) is 52.8 Å². The Hall–Kier alpha value is -9.76. The van der Waals surface area contributed by atoms with Gasteiger partial charge in [0.25, 0.3) is 0 Å². The maximum atomic E-state index is 11.6. The Kier molecular flexibility index (Phi) is 22.7. The minimum absolute atomic E-state index is 0.00642. The minimum Gasteiger partial charge on any atom is -0.508 e. The van der Waals surface area contributed by atoms with Crippen LogP contribution in [-0.4, -0.2) is 47.4 Å². The first kappa shape index (κ1) is 60.5. The van der Waals surface area contributed by atoms with Crippen molar-refractivity contribution >= 4 is 35.0 Å². The van der Waals surface area contributed by atoms with E-state index in [4.69, 9.17) is 44.1 Å². The van der Waals surface area contributed by atoms with Crippen molar-refractivity contribution in [3.05, 3.63) is 212 Å². The number of aromatic hydroxyl groups is 1. The van der Waals surface area contributed by atoms with E-state index in [0.29, 0.717) is 17.1 Å². The summed E-state index contributed by atoms with van der Waals surface area (Å²) in [5, 5.41) is 27.7. The molecule has 0 aliphatic heterocycles. The number of aliphatic carboxylic acids is 1. The predicted molar refractivity (Wildman–Crippen MR) is 310 cm³/mol. The van der Waals surface area contributed by atoms with Gasteiger partial charge in [0.1, 0.15) is 29.5 Å². The van der Waals surface area contributed by atoms with Crippen molar-refractivity contribution < 1.29 is 48.7 Å². The van der Waals surface area contributed by atoms with Gasteiger partial charge in [-0.05, 0) is 129 Å². The fourth-order valence-corrected chi connectivity index (χ4v) is 9.71. The van der Waals surface area contributed by atoms with Gasteiger partial charge in [-0.1, -0.05) is 125 Å². The molecule has 0 heterocycles. The van der Waals surface area contributed by atoms with E-state index in [0.717, 1.165) is 89.0 Å². The van der Waals surface area contributed by atoms with Crippen molar-refractivity contribution in [1.29, 1.82) is 0 Å². The van der Waals surface area contributed by atoms with Gasteiger partial charge in [0.2, 0.25) is 0 Å². The highest BCUT2D eigenvalue weighted by atomic mass is 16.5. The number of aliphatic hydroxyl groups is 1. The third kappa shape index (κ3) is 17.4. The highest BCUT2D eigenvalue weighted by Gasteiger charge is 2.26. The molecule has 3 aliphatic rings. The van der Waals surface area contributed by atoms with Gasteiger partial charge >= 0.3 is 17.9 Å². The molecule has 3 unspecified atom stereocenters. The Labute approximate surface area is 475 Å². The smallest absolute Gasteiger partial charge is 0.307 e. The lowest BCUT2D eigenvalue weighted by Gasteiger charge is -2.16. The third-order valence-corrected chi connectivity index (χ3v) is 13.8. The molecule has 13 heteroatoms. The molecule has 0 bridgehead atoms. The van der Waals surface area contributed by atoms with Crippen LogP contribution < -0.4 is 9.47 Å². The van der Waals surface area contributed by atoms with E-state index in [9.17, 15) is 19.5 Å². The van der Waals surface area contributed by atoms with E-state index in [1.165, 1.54) is 25.3 Å². The lowest BCUT2D eigenvalue weighted by molar-refractivity contribution is -0.141. The van der Waals surface area contributed by atoms with E-state index < -0.39 is 5.97 Å². The number of carboxylic acid groups (broad SMARTS) is 1. The Balaban J connectivity index is 0.000000182. The molecular formula is C68H63N3O10. The molecule has 0 radical (unpaired) electrons. The molecule has 6 aromatic carbocycles. The number of carbonyl (C=O) groups excluding carboxylic acids is 2. The summed E-state index contributed by atoms with van der Waals surface area (Å²) in [5.74, 6) is 17.1. The number of ether oxygens (including phenoxy) is 4. The van der Waals surface area contributed by atoms with Crippen LogP contribution in [0.1, 0.15) is 145 Å². The average molecular weight is 1080 g/mol. The van der Waals surface area contributed by atoms with Crippen LogP contribution in [0.4, 0.5) is 17.1 Å². The van der Waals surface area contributed by atoms with Crippen molar-refractivity contribution in [1.82, 2.24) is 0 Å². The number of hydrogen-bond donors (Lipinski definition) is 3. The number of aliphatic hydroxyl groups excluding tert-OH is 1. The van der Waals surface area contributed by atoms with E-state index in [-0.39, 0.29) is 73.0 Å². The third-order valence-electron chi connectivity index (χ3n) is 13.8. The maximum Gasteiger partial charge on any atom is 0.307 e. The zero-order valence-electron chi connectivity index (χ0n) is 46.0. The van der Waals surface area contributed by atoms with Gasteiger partial charge in [0.15, 0.2) is 17.1 Å². The molecule has 0 fully saturated rings. The summed E-state index contributed by atoms with van der Waals surface area (Å²) in [6.07, 6.45) is 5.47. The van der Waals surface area contributed by atoms with Crippen LogP contribution >= 0.6 is 0 Å². The number of nitrogens with zero attached hydrogens (tertiary/aromatic N) is 3. The summed E-state index contributed by atoms with van der Waals surface area (Å²) >= 11 is 0. The second-order valence-electron chi connectivity index (χ2n) is 19.1. The zero-order chi connectivity index (χ0) is 58.3. The molecule has 9 rings (SSSR count). The first-order valence-corrected chi connectivity index (χ1v) is 26.4.